The molecule has 14 heavy (non-hydrogen) atoms. The van der Waals surface area contributed by atoms with Crippen LogP contribution in [0.1, 0.15) is 13.3 Å². The molecule has 6 heteroatoms. The second-order valence-corrected chi connectivity index (χ2v) is 2.56. The molecule has 0 aliphatic heterocycles. The Morgan fingerprint density at radius 1 is 1.43 bits per heavy atom. The lowest BCUT2D eigenvalue weighted by Gasteiger charge is -2.13. The molecule has 0 aromatic carbocycles. The minimum Gasteiger partial charge on any atom is -0.480 e. The van der Waals surface area contributed by atoms with Crippen molar-refractivity contribution >= 4 is 5.97 Å². The van der Waals surface area contributed by atoms with E-state index in [9.17, 15) is 4.79 Å². The Labute approximate surface area is 82.4 Å². The number of carboxylic acids is 1. The van der Waals surface area contributed by atoms with Crippen LogP contribution < -0.4 is 0 Å². The first kappa shape index (κ1) is 13.3. The number of aliphatic hydroxyl groups is 1. The Morgan fingerprint density at radius 2 is 2.14 bits per heavy atom. The van der Waals surface area contributed by atoms with Gasteiger partial charge >= 0.3 is 5.97 Å². The summed E-state index contributed by atoms with van der Waals surface area (Å²) in [6.45, 7) is 1.35. The van der Waals surface area contributed by atoms with Crippen molar-refractivity contribution in [3.05, 3.63) is 0 Å². The van der Waals surface area contributed by atoms with Crippen molar-refractivity contribution in [2.24, 2.45) is 0 Å². The fraction of sp³-hybridized carbons (Fsp3) is 0.875. The van der Waals surface area contributed by atoms with Crippen molar-refractivity contribution in [2.45, 2.75) is 19.4 Å². The Balaban J connectivity index is 3.28. The maximum absolute atomic E-state index is 10.0. The zero-order valence-corrected chi connectivity index (χ0v) is 8.14. The van der Waals surface area contributed by atoms with Gasteiger partial charge in [0.15, 0.2) is 0 Å². The zero-order valence-electron chi connectivity index (χ0n) is 8.14. The fourth-order valence-electron chi connectivity index (χ4n) is 0.757. The molecule has 6 nitrogen and oxygen atoms in total. The minimum atomic E-state index is -1.03. The molecule has 0 radical (unpaired) electrons. The van der Waals surface area contributed by atoms with E-state index in [0.29, 0.717) is 6.42 Å². The van der Waals surface area contributed by atoms with Gasteiger partial charge in [-0.05, 0) is 6.42 Å². The first-order valence-electron chi connectivity index (χ1n) is 4.30. The van der Waals surface area contributed by atoms with Gasteiger partial charge in [0, 0.05) is 0 Å². The Morgan fingerprint density at radius 3 is 2.64 bits per heavy atom. The van der Waals surface area contributed by atoms with Crippen molar-refractivity contribution in [2.75, 3.05) is 26.8 Å². The van der Waals surface area contributed by atoms with Crippen molar-refractivity contribution in [3.63, 3.8) is 0 Å². The van der Waals surface area contributed by atoms with E-state index in [4.69, 9.17) is 19.7 Å². The maximum atomic E-state index is 10.0. The number of hydrogen-bond acceptors (Lipinski definition) is 5. The molecule has 0 fully saturated rings. The molecule has 0 aliphatic rings. The van der Waals surface area contributed by atoms with Gasteiger partial charge in [0.25, 0.3) is 0 Å². The third-order valence-corrected chi connectivity index (χ3v) is 1.46. The van der Waals surface area contributed by atoms with Crippen molar-refractivity contribution < 1.29 is 29.2 Å². The van der Waals surface area contributed by atoms with Crippen LogP contribution >= 0.6 is 0 Å². The number of ether oxygens (including phenoxy) is 3. The van der Waals surface area contributed by atoms with Crippen LogP contribution in [0.3, 0.4) is 0 Å². The topological polar surface area (TPSA) is 85.2 Å². The highest BCUT2D eigenvalue weighted by atomic mass is 16.7. The van der Waals surface area contributed by atoms with Gasteiger partial charge < -0.3 is 24.4 Å². The lowest BCUT2D eigenvalue weighted by Crippen LogP contribution is -2.21. The Bertz CT molecular complexity index is 149. The normalized spacial score (nSPS) is 12.7. The summed E-state index contributed by atoms with van der Waals surface area (Å²) in [6.07, 6.45) is 0.521. The number of hydrogen-bond donors (Lipinski definition) is 2. The van der Waals surface area contributed by atoms with Gasteiger partial charge in [0.05, 0.1) is 12.7 Å². The third kappa shape index (κ3) is 7.93. The Hall–Kier alpha value is -0.690. The van der Waals surface area contributed by atoms with Gasteiger partial charge in [0.1, 0.15) is 20.2 Å². The average molecular weight is 208 g/mol. The molecule has 0 heterocycles. The first-order valence-corrected chi connectivity index (χ1v) is 4.30. The molecule has 1 atom stereocenters. The summed E-state index contributed by atoms with van der Waals surface area (Å²) in [7, 11) is 0. The van der Waals surface area contributed by atoms with Gasteiger partial charge in [-0.15, -0.1) is 0 Å². The average Bonchev–Trinajstić information content (AvgIpc) is 2.15. The molecule has 0 rings (SSSR count). The molecule has 0 aromatic heterocycles. The predicted octanol–water partition coefficient (Wildman–Crippen LogP) is -0.193. The lowest BCUT2D eigenvalue weighted by atomic mass is 10.3. The van der Waals surface area contributed by atoms with Crippen molar-refractivity contribution in [1.82, 2.24) is 0 Å². The summed E-state index contributed by atoms with van der Waals surface area (Å²) in [5.74, 6) is -1.03. The molecule has 0 aliphatic carbocycles. The van der Waals surface area contributed by atoms with E-state index in [-0.39, 0.29) is 32.9 Å². The number of aliphatic hydroxyl groups excluding tert-OH is 1. The number of carboxylic acid groups (broad SMARTS) is 1. The number of rotatable bonds is 9. The van der Waals surface area contributed by atoms with Crippen LogP contribution in [0.2, 0.25) is 0 Å². The lowest BCUT2D eigenvalue weighted by molar-refractivity contribution is -0.152. The van der Waals surface area contributed by atoms with Gasteiger partial charge in [-0.25, -0.2) is 4.79 Å². The van der Waals surface area contributed by atoms with Gasteiger partial charge in [0.2, 0.25) is 0 Å². The highest BCUT2D eigenvalue weighted by molar-refractivity contribution is 5.67. The van der Waals surface area contributed by atoms with Gasteiger partial charge in [-0.2, -0.15) is 0 Å². The molecule has 2 N–H and O–H groups in total. The summed E-state index contributed by atoms with van der Waals surface area (Å²) < 4.78 is 14.5. The first-order chi connectivity index (χ1) is 6.70. The molecule has 0 saturated carbocycles. The Kier molecular flexibility index (Phi) is 8.45. The van der Waals surface area contributed by atoms with Crippen LogP contribution in [0.15, 0.2) is 0 Å². The van der Waals surface area contributed by atoms with E-state index >= 15 is 0 Å². The van der Waals surface area contributed by atoms with Crippen LogP contribution in [0.5, 0.6) is 0 Å². The largest absolute Gasteiger partial charge is 0.480 e. The molecule has 1 unspecified atom stereocenters. The minimum absolute atomic E-state index is 0.0857. The number of aliphatic carboxylic acids is 1. The van der Waals surface area contributed by atoms with E-state index in [2.05, 4.69) is 4.74 Å². The fourth-order valence-corrected chi connectivity index (χ4v) is 0.757. The second kappa shape index (κ2) is 8.89. The van der Waals surface area contributed by atoms with Crippen LogP contribution in [-0.2, 0) is 19.0 Å². The molecular weight excluding hydrogens is 192 g/mol. The van der Waals surface area contributed by atoms with E-state index in [1.165, 1.54) is 0 Å². The van der Waals surface area contributed by atoms with E-state index in [1.54, 1.807) is 0 Å². The molecular formula is C8H16O6. The standard InChI is InChI=1S/C8H16O6/c1-2-7(14-5-9)3-12-6-13-4-8(10)11/h7,9H,2-6H2,1H3,(H,10,11). The molecule has 0 saturated heterocycles. The van der Waals surface area contributed by atoms with E-state index < -0.39 is 5.97 Å². The van der Waals surface area contributed by atoms with Crippen LogP contribution in [-0.4, -0.2) is 49.1 Å². The quantitative estimate of drug-likeness (QED) is 0.403. The SMILES string of the molecule is CCC(COCOCC(=O)O)OCO. The summed E-state index contributed by atoms with van der Waals surface area (Å²) in [6, 6.07) is 0. The highest BCUT2D eigenvalue weighted by Crippen LogP contribution is 1.97. The monoisotopic (exact) mass is 208 g/mol. The van der Waals surface area contributed by atoms with Gasteiger partial charge in [-0.3, -0.25) is 0 Å². The predicted molar refractivity (Wildman–Crippen MR) is 46.7 cm³/mol. The third-order valence-electron chi connectivity index (χ3n) is 1.46. The highest BCUT2D eigenvalue weighted by Gasteiger charge is 2.05. The summed E-state index contributed by atoms with van der Waals surface area (Å²) in [5.41, 5.74) is 0. The number of carbonyl (C=O) groups is 1. The molecule has 0 aromatic rings. The molecule has 0 spiro atoms. The van der Waals surface area contributed by atoms with Crippen LogP contribution in [0, 0.1) is 0 Å². The second-order valence-electron chi connectivity index (χ2n) is 2.56. The van der Waals surface area contributed by atoms with E-state index in [1.807, 2.05) is 6.92 Å². The van der Waals surface area contributed by atoms with Crippen LogP contribution in [0.25, 0.3) is 0 Å². The molecule has 0 bridgehead atoms. The van der Waals surface area contributed by atoms with Crippen molar-refractivity contribution in [3.8, 4) is 0 Å². The van der Waals surface area contributed by atoms with Crippen molar-refractivity contribution in [1.29, 1.82) is 0 Å². The summed E-state index contributed by atoms with van der Waals surface area (Å²) in [5, 5.41) is 16.7. The van der Waals surface area contributed by atoms with Gasteiger partial charge in [-0.1, -0.05) is 6.92 Å². The zero-order chi connectivity index (χ0) is 10.8. The van der Waals surface area contributed by atoms with Crippen LogP contribution in [0.4, 0.5) is 0 Å². The molecule has 0 amide bonds. The smallest absolute Gasteiger partial charge is 0.329 e. The summed E-state index contributed by atoms with van der Waals surface area (Å²) in [4.78, 5) is 10.0. The molecule has 84 valence electrons. The van der Waals surface area contributed by atoms with E-state index in [0.717, 1.165) is 0 Å². The maximum Gasteiger partial charge on any atom is 0.329 e. The summed E-state index contributed by atoms with van der Waals surface area (Å²) >= 11 is 0.